The average molecular weight is 368 g/mol. The summed E-state index contributed by atoms with van der Waals surface area (Å²) in [6.07, 6.45) is 1.22. The van der Waals surface area contributed by atoms with Crippen LogP contribution in [0.1, 0.15) is 39.0 Å². The van der Waals surface area contributed by atoms with Crippen molar-refractivity contribution in [3.8, 4) is 5.75 Å². The zero-order valence-corrected chi connectivity index (χ0v) is 15.6. The van der Waals surface area contributed by atoms with Crippen LogP contribution in [0.2, 0.25) is 0 Å². The molecule has 0 bridgehead atoms. The highest BCUT2D eigenvalue weighted by Crippen LogP contribution is 2.30. The second kappa shape index (κ2) is 7.11. The van der Waals surface area contributed by atoms with Crippen molar-refractivity contribution in [3.63, 3.8) is 0 Å². The molecular formula is C20H20N2O5. The van der Waals surface area contributed by atoms with Crippen LogP contribution in [0.15, 0.2) is 36.1 Å². The molecule has 0 radical (unpaired) electrons. The number of carbonyl (C=O) groups excluding carboxylic acids is 3. The van der Waals surface area contributed by atoms with E-state index in [9.17, 15) is 14.4 Å². The fourth-order valence-electron chi connectivity index (χ4n) is 3.09. The molecule has 2 aromatic rings. The lowest BCUT2D eigenvalue weighted by molar-refractivity contribution is -0.114. The number of hydrogen-bond donors (Lipinski definition) is 1. The van der Waals surface area contributed by atoms with Crippen LogP contribution >= 0.6 is 0 Å². The number of amides is 1. The van der Waals surface area contributed by atoms with E-state index in [0.717, 1.165) is 5.69 Å². The maximum atomic E-state index is 12.7. The Kier molecular flexibility index (Phi) is 4.85. The molecule has 140 valence electrons. The molecule has 1 aliphatic rings. The lowest BCUT2D eigenvalue weighted by Crippen LogP contribution is -2.20. The number of ether oxygens (including phenoxy) is 2. The molecule has 7 nitrogen and oxygen atoms in total. The van der Waals surface area contributed by atoms with Crippen LogP contribution in [0.5, 0.6) is 5.75 Å². The maximum Gasteiger partial charge on any atom is 0.230 e. The average Bonchev–Trinajstić information content (AvgIpc) is 2.89. The third-order valence-corrected chi connectivity index (χ3v) is 4.54. The number of carbonyl (C=O) groups is 3. The van der Waals surface area contributed by atoms with Crippen molar-refractivity contribution in [3.05, 3.63) is 58.6 Å². The third-order valence-electron chi connectivity index (χ3n) is 4.54. The van der Waals surface area contributed by atoms with Crippen LogP contribution in [0.4, 0.5) is 5.69 Å². The summed E-state index contributed by atoms with van der Waals surface area (Å²) < 4.78 is 12.6. The van der Waals surface area contributed by atoms with Crippen LogP contribution in [0, 0.1) is 6.92 Å². The Morgan fingerprint density at radius 1 is 1.19 bits per heavy atom. The van der Waals surface area contributed by atoms with E-state index in [0.29, 0.717) is 28.3 Å². The molecule has 0 saturated carbocycles. The number of anilines is 1. The molecule has 1 aromatic carbocycles. The van der Waals surface area contributed by atoms with Gasteiger partial charge in [0, 0.05) is 37.0 Å². The van der Waals surface area contributed by atoms with Gasteiger partial charge in [-0.15, -0.1) is 0 Å². The minimum atomic E-state index is -0.324. The molecule has 7 heteroatoms. The van der Waals surface area contributed by atoms with Gasteiger partial charge in [-0.05, 0) is 31.2 Å². The molecule has 0 saturated heterocycles. The van der Waals surface area contributed by atoms with Crippen LogP contribution in [-0.2, 0) is 23.2 Å². The number of methoxy groups -OCH3 is 1. The van der Waals surface area contributed by atoms with Gasteiger partial charge < -0.3 is 19.4 Å². The molecule has 1 aliphatic carbocycles. The summed E-state index contributed by atoms with van der Waals surface area (Å²) in [5, 5.41) is 2.68. The monoisotopic (exact) mass is 368 g/mol. The number of allylic oxidation sites excluding steroid dienone is 2. The van der Waals surface area contributed by atoms with Crippen LogP contribution in [-0.4, -0.2) is 29.2 Å². The van der Waals surface area contributed by atoms with Crippen molar-refractivity contribution < 1.29 is 23.9 Å². The fraction of sp³-hybridized carbons (Fsp3) is 0.250. The fourth-order valence-corrected chi connectivity index (χ4v) is 3.09. The number of Topliss-reactive ketones (excluding diaryl/α,β-unsaturated/α-hetero) is 1. The normalized spacial score (nSPS) is 13.1. The lowest BCUT2D eigenvalue weighted by Gasteiger charge is -2.13. The van der Waals surface area contributed by atoms with E-state index in [4.69, 9.17) is 9.47 Å². The minimum absolute atomic E-state index is 0.0269. The van der Waals surface area contributed by atoms with Gasteiger partial charge in [-0.1, -0.05) is 0 Å². The highest BCUT2D eigenvalue weighted by molar-refractivity contribution is 6.24. The summed E-state index contributed by atoms with van der Waals surface area (Å²) in [4.78, 5) is 36.1. The van der Waals surface area contributed by atoms with Crippen molar-refractivity contribution in [2.45, 2.75) is 20.5 Å². The predicted molar refractivity (Wildman–Crippen MR) is 99.0 cm³/mol. The van der Waals surface area contributed by atoms with Crippen molar-refractivity contribution in [1.29, 1.82) is 0 Å². The predicted octanol–water partition coefficient (Wildman–Crippen LogP) is 2.78. The Balaban J connectivity index is 1.87. The molecule has 1 N–H and O–H groups in total. The molecule has 1 amide bonds. The Morgan fingerprint density at radius 3 is 2.44 bits per heavy atom. The number of ketones is 2. The van der Waals surface area contributed by atoms with Gasteiger partial charge in [-0.3, -0.25) is 14.4 Å². The van der Waals surface area contributed by atoms with E-state index in [1.165, 1.54) is 20.1 Å². The summed E-state index contributed by atoms with van der Waals surface area (Å²) in [5.41, 5.74) is 2.77. The Labute approximate surface area is 156 Å². The number of aromatic nitrogens is 1. The first-order chi connectivity index (χ1) is 12.8. The standard InChI is InChI=1S/C20H20N2O5/c1-11-15(10-27-14-7-5-13(6-8-14)21-12(2)23)18-19(22(11)3)16(24)9-17(26-4)20(18)25/h5-9H,10H2,1-4H3,(H,21,23). The van der Waals surface area contributed by atoms with Gasteiger partial charge in [-0.2, -0.15) is 0 Å². The van der Waals surface area contributed by atoms with Crippen LogP contribution in [0.25, 0.3) is 0 Å². The van der Waals surface area contributed by atoms with Gasteiger partial charge in [0.1, 0.15) is 18.1 Å². The Hall–Kier alpha value is -3.35. The molecule has 0 aliphatic heterocycles. The van der Waals surface area contributed by atoms with Crippen molar-refractivity contribution >= 4 is 23.2 Å². The van der Waals surface area contributed by atoms with E-state index in [1.54, 1.807) is 35.9 Å². The van der Waals surface area contributed by atoms with E-state index in [1.807, 2.05) is 6.92 Å². The number of rotatable bonds is 5. The van der Waals surface area contributed by atoms with Crippen molar-refractivity contribution in [1.82, 2.24) is 4.57 Å². The molecule has 1 heterocycles. The van der Waals surface area contributed by atoms with Crippen LogP contribution < -0.4 is 10.1 Å². The molecule has 0 atom stereocenters. The first-order valence-electron chi connectivity index (χ1n) is 8.36. The smallest absolute Gasteiger partial charge is 0.230 e. The summed E-state index contributed by atoms with van der Waals surface area (Å²) in [5.74, 6) is -0.133. The highest BCUT2D eigenvalue weighted by atomic mass is 16.5. The molecule has 0 unspecified atom stereocenters. The van der Waals surface area contributed by atoms with Crippen molar-refractivity contribution in [2.75, 3.05) is 12.4 Å². The molecule has 27 heavy (non-hydrogen) atoms. The van der Waals surface area contributed by atoms with Gasteiger partial charge in [-0.25, -0.2) is 0 Å². The SMILES string of the molecule is COC1=CC(=O)c2c(c(COc3ccc(NC(C)=O)cc3)c(C)n2C)C1=O. The first-order valence-corrected chi connectivity index (χ1v) is 8.36. The third kappa shape index (κ3) is 3.36. The largest absolute Gasteiger partial charge is 0.492 e. The number of nitrogens with one attached hydrogen (secondary N) is 1. The molecule has 0 fully saturated rings. The van der Waals surface area contributed by atoms with Gasteiger partial charge in [0.2, 0.25) is 17.5 Å². The molecule has 3 rings (SSSR count). The van der Waals surface area contributed by atoms with E-state index >= 15 is 0 Å². The maximum absolute atomic E-state index is 12.7. The highest BCUT2D eigenvalue weighted by Gasteiger charge is 2.34. The number of fused-ring (bicyclic) bond motifs is 1. The molecule has 1 aromatic heterocycles. The zero-order chi connectivity index (χ0) is 19.7. The van der Waals surface area contributed by atoms with E-state index in [2.05, 4.69) is 5.32 Å². The van der Waals surface area contributed by atoms with Crippen molar-refractivity contribution in [2.24, 2.45) is 7.05 Å². The zero-order valence-electron chi connectivity index (χ0n) is 15.6. The summed E-state index contributed by atoms with van der Waals surface area (Å²) in [7, 11) is 3.11. The van der Waals surface area contributed by atoms with E-state index < -0.39 is 0 Å². The number of benzene rings is 1. The number of hydrogen-bond acceptors (Lipinski definition) is 5. The topological polar surface area (TPSA) is 86.6 Å². The molecular weight excluding hydrogens is 348 g/mol. The summed E-state index contributed by atoms with van der Waals surface area (Å²) >= 11 is 0. The summed E-state index contributed by atoms with van der Waals surface area (Å²) in [6, 6.07) is 6.90. The van der Waals surface area contributed by atoms with Crippen LogP contribution in [0.3, 0.4) is 0 Å². The Bertz CT molecular complexity index is 967. The lowest BCUT2D eigenvalue weighted by atomic mass is 9.96. The van der Waals surface area contributed by atoms with Gasteiger partial charge in [0.25, 0.3) is 0 Å². The Morgan fingerprint density at radius 2 is 1.85 bits per heavy atom. The second-order valence-corrected chi connectivity index (χ2v) is 6.25. The van der Waals surface area contributed by atoms with Gasteiger partial charge in [0.15, 0.2) is 5.76 Å². The van der Waals surface area contributed by atoms with Gasteiger partial charge >= 0.3 is 0 Å². The second-order valence-electron chi connectivity index (χ2n) is 6.25. The summed E-state index contributed by atoms with van der Waals surface area (Å²) in [6.45, 7) is 3.40. The first kappa shape index (κ1) is 18.4. The quantitative estimate of drug-likeness (QED) is 0.877. The van der Waals surface area contributed by atoms with E-state index in [-0.39, 0.29) is 29.8 Å². The molecule has 0 spiro atoms. The minimum Gasteiger partial charge on any atom is -0.492 e. The number of nitrogens with zero attached hydrogens (tertiary/aromatic N) is 1. The van der Waals surface area contributed by atoms with Gasteiger partial charge in [0.05, 0.1) is 12.7 Å².